The number of hydrogen-bond acceptors (Lipinski definition) is 13. The number of anilines is 1. The molecule has 2 fully saturated rings. The summed E-state index contributed by atoms with van der Waals surface area (Å²) in [7, 11) is -4.57. The van der Waals surface area contributed by atoms with Crippen LogP contribution in [-0.2, 0) is 31.3 Å². The summed E-state index contributed by atoms with van der Waals surface area (Å²) in [4.78, 5) is 35.3. The zero-order valence-electron chi connectivity index (χ0n) is 20.6. The number of imidazole rings is 1. The van der Waals surface area contributed by atoms with Crippen LogP contribution in [0.4, 0.5) is 5.95 Å². The average molecular weight is 563 g/mol. The van der Waals surface area contributed by atoms with Gasteiger partial charge in [0.2, 0.25) is 5.95 Å². The number of aromatic amines is 1. The van der Waals surface area contributed by atoms with Crippen LogP contribution in [0.3, 0.4) is 0 Å². The first kappa shape index (κ1) is 25.2. The van der Waals surface area contributed by atoms with Gasteiger partial charge in [0.05, 0.1) is 18.8 Å². The molecule has 15 nitrogen and oxygen atoms in total. The van der Waals surface area contributed by atoms with Crippen molar-refractivity contribution in [2.45, 2.75) is 42.7 Å². The molecule has 4 aromatic rings. The lowest BCUT2D eigenvalue weighted by Crippen LogP contribution is -2.41. The molecular weight excluding hydrogens is 539 g/mol. The Morgan fingerprint density at radius 1 is 1.32 bits per heavy atom. The first-order valence-electron chi connectivity index (χ1n) is 11.6. The van der Waals surface area contributed by atoms with E-state index in [2.05, 4.69) is 25.3 Å². The van der Waals surface area contributed by atoms with Crippen molar-refractivity contribution in [2.75, 3.05) is 18.1 Å². The van der Waals surface area contributed by atoms with Crippen LogP contribution in [0.2, 0.25) is 0 Å². The van der Waals surface area contributed by atoms with Gasteiger partial charge in [0.25, 0.3) is 13.4 Å². The van der Waals surface area contributed by atoms with Crippen LogP contribution in [0.5, 0.6) is 0 Å². The van der Waals surface area contributed by atoms with E-state index in [9.17, 15) is 19.4 Å². The van der Waals surface area contributed by atoms with Gasteiger partial charge < -0.3 is 29.5 Å². The molecule has 200 valence electrons. The van der Waals surface area contributed by atoms with Crippen molar-refractivity contribution in [1.29, 1.82) is 0 Å². The Hall–Kier alpha value is -3.11. The standard InChI is InChI=1S/C21H23N8O7PS/c22-20-24-17-14(18(31)25-20)23-21(29(17)19-15(30)16-13(35-19)10-34-37(32,33)36-16)38-7-6-12-9-28(27-26-12)8-11-4-2-1-3-5-11/h1-5,9,13,15-16,19,30H,6-8,10H2,(H,32,33)(H3,22,24,25,31)/t13?,15?,16-,19-/m1/s1. The van der Waals surface area contributed by atoms with Crippen LogP contribution in [0, 0.1) is 0 Å². The second-order valence-corrected chi connectivity index (χ2v) is 11.2. The van der Waals surface area contributed by atoms with Gasteiger partial charge in [0, 0.05) is 18.4 Å². The number of nitrogens with one attached hydrogen (secondary N) is 1. The number of fused-ring (bicyclic) bond motifs is 2. The number of hydrogen-bond donors (Lipinski definition) is 3. The molecule has 2 aliphatic heterocycles. The number of nitrogen functional groups attached to an aromatic ring is 1. The summed E-state index contributed by atoms with van der Waals surface area (Å²) in [6.07, 6.45) is -2.23. The zero-order valence-corrected chi connectivity index (χ0v) is 21.3. The zero-order chi connectivity index (χ0) is 26.4. The Kier molecular flexibility index (Phi) is 6.55. The Morgan fingerprint density at radius 2 is 2.13 bits per heavy atom. The fraction of sp³-hybridized carbons (Fsp3) is 0.381. The maximum atomic E-state index is 12.5. The second-order valence-electron chi connectivity index (χ2n) is 8.75. The van der Waals surface area contributed by atoms with E-state index in [0.29, 0.717) is 23.9 Å². The first-order chi connectivity index (χ1) is 18.3. The number of aliphatic hydroxyl groups is 1. The Morgan fingerprint density at radius 3 is 2.95 bits per heavy atom. The summed E-state index contributed by atoms with van der Waals surface area (Å²) in [5.41, 5.74) is 7.13. The van der Waals surface area contributed by atoms with Crippen LogP contribution in [0.15, 0.2) is 46.5 Å². The Bertz CT molecular complexity index is 1580. The number of thioether (sulfide) groups is 1. The lowest BCUT2D eigenvalue weighted by Gasteiger charge is -2.34. The smallest absolute Gasteiger partial charge is 0.756 e. The summed E-state index contributed by atoms with van der Waals surface area (Å²) in [5, 5.41) is 19.7. The molecule has 1 aromatic carbocycles. The molecule has 0 amide bonds. The molecule has 4 N–H and O–H groups in total. The molecule has 5 heterocycles. The van der Waals surface area contributed by atoms with Gasteiger partial charge in [-0.1, -0.05) is 47.3 Å². The summed E-state index contributed by atoms with van der Waals surface area (Å²) >= 11 is 1.28. The number of aliphatic hydroxyl groups excluding tert-OH is 1. The summed E-state index contributed by atoms with van der Waals surface area (Å²) in [6.45, 7) is 0.275. The monoisotopic (exact) mass is 562 g/mol. The molecule has 5 atom stereocenters. The molecular formula is C21H23N8O7PS. The molecule has 3 aromatic heterocycles. The Balaban J connectivity index is 0.00000308. The van der Waals surface area contributed by atoms with Gasteiger partial charge in [0.15, 0.2) is 22.5 Å². The van der Waals surface area contributed by atoms with Crippen molar-refractivity contribution in [1.82, 2.24) is 34.5 Å². The number of nitrogens with two attached hydrogens (primary N) is 1. The quantitative estimate of drug-likeness (QED) is 0.199. The third-order valence-corrected chi connectivity index (χ3v) is 8.03. The number of aryl methyl sites for hydroxylation is 1. The van der Waals surface area contributed by atoms with Gasteiger partial charge in [0.1, 0.15) is 18.3 Å². The highest BCUT2D eigenvalue weighted by atomic mass is 32.2. The highest BCUT2D eigenvalue weighted by Crippen LogP contribution is 2.50. The molecule has 6 rings (SSSR count). The number of phosphoric acid groups is 1. The predicted molar refractivity (Wildman–Crippen MR) is 132 cm³/mol. The third kappa shape index (κ3) is 4.87. The number of nitrogens with zero attached hydrogens (tertiary/aromatic N) is 6. The molecule has 38 heavy (non-hydrogen) atoms. The fourth-order valence-corrected chi connectivity index (χ4v) is 6.33. The maximum Gasteiger partial charge on any atom is 1.00 e. The topological polar surface area (TPSA) is 208 Å². The van der Waals surface area contributed by atoms with Gasteiger partial charge >= 0.3 is 1.43 Å². The van der Waals surface area contributed by atoms with Gasteiger partial charge in [-0.15, -0.1) is 5.10 Å². The molecule has 17 heteroatoms. The van der Waals surface area contributed by atoms with Gasteiger partial charge in [-0.25, -0.2) is 9.67 Å². The van der Waals surface area contributed by atoms with Crippen molar-refractivity contribution in [3.63, 3.8) is 0 Å². The average Bonchev–Trinajstić information content (AvgIpc) is 3.55. The summed E-state index contributed by atoms with van der Waals surface area (Å²) < 4.78 is 30.5. The van der Waals surface area contributed by atoms with E-state index in [-0.39, 0.29) is 25.1 Å². The minimum atomic E-state index is -4.57. The van der Waals surface area contributed by atoms with E-state index >= 15 is 0 Å². The molecule has 0 saturated carbocycles. The van der Waals surface area contributed by atoms with Gasteiger partial charge in [-0.05, 0) is 5.56 Å². The van der Waals surface area contributed by atoms with E-state index < -0.39 is 37.9 Å². The number of phosphoric ester groups is 1. The van der Waals surface area contributed by atoms with Crippen LogP contribution in [0.1, 0.15) is 18.9 Å². The largest absolute Gasteiger partial charge is 1.00 e. The van der Waals surface area contributed by atoms with E-state index in [0.717, 1.165) is 11.3 Å². The van der Waals surface area contributed by atoms with Crippen LogP contribution in [0.25, 0.3) is 11.2 Å². The van der Waals surface area contributed by atoms with Crippen LogP contribution in [-0.4, -0.2) is 70.3 Å². The number of benzene rings is 1. The maximum absolute atomic E-state index is 12.5. The number of aromatic nitrogens is 7. The number of rotatable bonds is 7. The highest BCUT2D eigenvalue weighted by Gasteiger charge is 2.51. The lowest BCUT2D eigenvalue weighted by atomic mass is 10.1. The van der Waals surface area contributed by atoms with Crippen molar-refractivity contribution < 1.29 is 29.8 Å². The van der Waals surface area contributed by atoms with E-state index in [4.69, 9.17) is 19.5 Å². The normalized spacial score (nSPS) is 27.1. The predicted octanol–water partition coefficient (Wildman–Crippen LogP) is -0.0690. The lowest BCUT2D eigenvalue weighted by molar-refractivity contribution is -0.245. The molecule has 0 aliphatic carbocycles. The molecule has 0 radical (unpaired) electrons. The summed E-state index contributed by atoms with van der Waals surface area (Å²) in [5.74, 6) is 0.343. The molecule has 2 aliphatic rings. The van der Waals surface area contributed by atoms with Crippen molar-refractivity contribution >= 4 is 36.7 Å². The third-order valence-electron chi connectivity index (χ3n) is 6.11. The van der Waals surface area contributed by atoms with Gasteiger partial charge in [-0.3, -0.25) is 18.9 Å². The molecule has 0 bridgehead atoms. The highest BCUT2D eigenvalue weighted by molar-refractivity contribution is 7.99. The minimum absolute atomic E-state index is 0. The van der Waals surface area contributed by atoms with E-state index in [1.54, 1.807) is 4.68 Å². The molecule has 2 saturated heterocycles. The van der Waals surface area contributed by atoms with Crippen molar-refractivity contribution in [3.8, 4) is 0 Å². The second kappa shape index (κ2) is 9.89. The first-order valence-corrected chi connectivity index (χ1v) is 14.0. The van der Waals surface area contributed by atoms with Gasteiger partial charge in [-0.2, -0.15) is 4.98 Å². The number of ether oxygens (including phenoxy) is 1. The number of H-pyrrole nitrogens is 1. The minimum Gasteiger partial charge on any atom is -0.756 e. The van der Waals surface area contributed by atoms with Crippen molar-refractivity contribution in [3.05, 3.63) is 58.1 Å². The van der Waals surface area contributed by atoms with E-state index in [1.807, 2.05) is 36.5 Å². The fourth-order valence-electron chi connectivity index (χ4n) is 4.40. The van der Waals surface area contributed by atoms with Crippen LogP contribution >= 0.6 is 19.6 Å². The Labute approximate surface area is 220 Å². The summed E-state index contributed by atoms with van der Waals surface area (Å²) in [6, 6.07) is 9.88. The van der Waals surface area contributed by atoms with Crippen LogP contribution < -0.4 is 16.2 Å². The van der Waals surface area contributed by atoms with Crippen molar-refractivity contribution in [2.24, 2.45) is 0 Å². The molecule has 3 unspecified atom stereocenters. The molecule has 0 spiro atoms. The SMILES string of the molecule is Nc1nc2c(nc(SCCc3cn(Cc4ccccc4)nn3)n2[C@@H]2OC3COP(=O)([O-])O[C@H]3C2O)c(=O)[nH]1.[H+]. The van der Waals surface area contributed by atoms with E-state index in [1.165, 1.54) is 16.3 Å².